The van der Waals surface area contributed by atoms with Crippen molar-refractivity contribution < 1.29 is 9.68 Å². The molecule has 0 N–H and O–H groups in total. The molecule has 0 saturated carbocycles. The Labute approximate surface area is 101 Å². The summed E-state index contributed by atoms with van der Waals surface area (Å²) in [5.74, 6) is 1.51. The van der Waals surface area contributed by atoms with Crippen molar-refractivity contribution in [2.24, 2.45) is 0 Å². The number of para-hydroxylation sites is 2. The fraction of sp³-hybridized carbons (Fsp3) is 0.143. The molecule has 2 aromatic rings. The fourth-order valence-corrected chi connectivity index (χ4v) is 1.35. The van der Waals surface area contributed by atoms with Crippen LogP contribution < -0.4 is 9.68 Å². The molecule has 0 atom stereocenters. The average Bonchev–Trinajstić information content (AvgIpc) is 2.40. The van der Waals surface area contributed by atoms with E-state index in [0.29, 0.717) is 6.54 Å². The Balaban J connectivity index is 1.98. The highest BCUT2D eigenvalue weighted by Crippen LogP contribution is 2.14. The molecule has 17 heavy (non-hydrogen) atoms. The zero-order valence-electron chi connectivity index (χ0n) is 9.74. The molecule has 2 rings (SSSR count). The van der Waals surface area contributed by atoms with Crippen molar-refractivity contribution in [3.05, 3.63) is 60.7 Å². The first-order valence-corrected chi connectivity index (χ1v) is 5.62. The van der Waals surface area contributed by atoms with Crippen LogP contribution in [0.15, 0.2) is 60.7 Å². The molecule has 0 radical (unpaired) electrons. The van der Waals surface area contributed by atoms with Gasteiger partial charge in [-0.25, -0.2) is 0 Å². The first-order valence-electron chi connectivity index (χ1n) is 5.62. The Hall–Kier alpha value is -2.00. The second-order valence-corrected chi connectivity index (χ2v) is 3.46. The molecule has 0 saturated heterocycles. The summed E-state index contributed by atoms with van der Waals surface area (Å²) in [6.07, 6.45) is 0. The smallest absolute Gasteiger partial charge is 0.151 e. The Morgan fingerprint density at radius 2 is 1.18 bits per heavy atom. The summed E-state index contributed by atoms with van der Waals surface area (Å²) in [6, 6.07) is 19.1. The number of hydroxylamine groups is 2. The maximum absolute atomic E-state index is 5.58. The third kappa shape index (κ3) is 3.50. The predicted molar refractivity (Wildman–Crippen MR) is 66.5 cm³/mol. The molecular weight excluding hydrogens is 214 g/mol. The lowest BCUT2D eigenvalue weighted by Crippen LogP contribution is -2.30. The van der Waals surface area contributed by atoms with Crippen LogP contribution >= 0.6 is 0 Å². The Morgan fingerprint density at radius 1 is 0.765 bits per heavy atom. The van der Waals surface area contributed by atoms with E-state index >= 15 is 0 Å². The molecule has 0 aliphatic rings. The molecule has 0 spiro atoms. The van der Waals surface area contributed by atoms with E-state index < -0.39 is 0 Å². The summed E-state index contributed by atoms with van der Waals surface area (Å²) >= 11 is 0. The monoisotopic (exact) mass is 229 g/mol. The molecule has 88 valence electrons. The summed E-state index contributed by atoms with van der Waals surface area (Å²) in [7, 11) is 0. The van der Waals surface area contributed by atoms with E-state index in [0.717, 1.165) is 11.5 Å². The Kier molecular flexibility index (Phi) is 4.00. The Bertz CT molecular complexity index is 389. The van der Waals surface area contributed by atoms with E-state index in [1.807, 2.05) is 67.6 Å². The standard InChI is InChI=1S/C14H15NO2/c1-2-15(16-13-9-5-3-6-10-13)17-14-11-7-4-8-12-14/h3-12H,2H2,1H3. The first-order chi connectivity index (χ1) is 8.38. The van der Waals surface area contributed by atoms with Crippen LogP contribution in [0, 0.1) is 0 Å². The first kappa shape index (κ1) is 11.5. The van der Waals surface area contributed by atoms with Gasteiger partial charge < -0.3 is 9.68 Å². The topological polar surface area (TPSA) is 21.7 Å². The van der Waals surface area contributed by atoms with E-state index in [1.165, 1.54) is 5.23 Å². The van der Waals surface area contributed by atoms with Crippen molar-refractivity contribution in [2.75, 3.05) is 6.54 Å². The summed E-state index contributed by atoms with van der Waals surface area (Å²) in [6.45, 7) is 2.59. The largest absolute Gasteiger partial charge is 0.371 e. The molecule has 0 amide bonds. The second-order valence-electron chi connectivity index (χ2n) is 3.46. The minimum absolute atomic E-state index is 0.629. The molecular formula is C14H15NO2. The van der Waals surface area contributed by atoms with Gasteiger partial charge in [-0.15, -0.1) is 0 Å². The van der Waals surface area contributed by atoms with Crippen molar-refractivity contribution in [1.82, 2.24) is 5.23 Å². The molecule has 2 aromatic carbocycles. The summed E-state index contributed by atoms with van der Waals surface area (Å²) in [5, 5.41) is 1.45. The summed E-state index contributed by atoms with van der Waals surface area (Å²) in [4.78, 5) is 11.2. The van der Waals surface area contributed by atoms with Crippen molar-refractivity contribution in [1.29, 1.82) is 0 Å². The van der Waals surface area contributed by atoms with E-state index in [1.54, 1.807) is 0 Å². The highest BCUT2D eigenvalue weighted by molar-refractivity contribution is 5.22. The van der Waals surface area contributed by atoms with Gasteiger partial charge in [0.05, 0.1) is 6.54 Å². The van der Waals surface area contributed by atoms with E-state index in [9.17, 15) is 0 Å². The van der Waals surface area contributed by atoms with Gasteiger partial charge in [0.2, 0.25) is 0 Å². The Morgan fingerprint density at radius 3 is 1.53 bits per heavy atom. The second kappa shape index (κ2) is 5.92. The molecule has 0 aromatic heterocycles. The van der Waals surface area contributed by atoms with Crippen LogP contribution in [0.4, 0.5) is 0 Å². The molecule has 0 bridgehead atoms. The lowest BCUT2D eigenvalue weighted by atomic mass is 10.3. The van der Waals surface area contributed by atoms with Gasteiger partial charge >= 0.3 is 0 Å². The normalized spacial score (nSPS) is 10.2. The van der Waals surface area contributed by atoms with Crippen LogP contribution in [0.5, 0.6) is 11.5 Å². The number of rotatable bonds is 5. The zero-order valence-corrected chi connectivity index (χ0v) is 9.74. The zero-order chi connectivity index (χ0) is 11.9. The van der Waals surface area contributed by atoms with Crippen LogP contribution in [0.2, 0.25) is 0 Å². The van der Waals surface area contributed by atoms with E-state index in [-0.39, 0.29) is 0 Å². The fourth-order valence-electron chi connectivity index (χ4n) is 1.35. The minimum Gasteiger partial charge on any atom is -0.371 e. The number of hydrogen-bond acceptors (Lipinski definition) is 3. The van der Waals surface area contributed by atoms with Crippen molar-refractivity contribution in [2.45, 2.75) is 6.92 Å². The molecule has 0 fully saturated rings. The predicted octanol–water partition coefficient (Wildman–Crippen LogP) is 3.30. The molecule has 0 unspecified atom stereocenters. The number of benzene rings is 2. The maximum atomic E-state index is 5.58. The SMILES string of the molecule is CCN(Oc1ccccc1)Oc1ccccc1. The van der Waals surface area contributed by atoms with Crippen molar-refractivity contribution in [3.8, 4) is 11.5 Å². The van der Waals surface area contributed by atoms with Crippen molar-refractivity contribution >= 4 is 0 Å². The van der Waals surface area contributed by atoms with Gasteiger partial charge in [-0.2, -0.15) is 0 Å². The highest BCUT2D eigenvalue weighted by Gasteiger charge is 2.06. The summed E-state index contributed by atoms with van der Waals surface area (Å²) in [5.41, 5.74) is 0. The van der Waals surface area contributed by atoms with Gasteiger partial charge in [0.1, 0.15) is 0 Å². The van der Waals surface area contributed by atoms with Crippen LogP contribution in [-0.2, 0) is 0 Å². The third-order valence-electron chi connectivity index (χ3n) is 2.16. The minimum atomic E-state index is 0.629. The quantitative estimate of drug-likeness (QED) is 0.734. The van der Waals surface area contributed by atoms with Gasteiger partial charge in [0, 0.05) is 5.23 Å². The van der Waals surface area contributed by atoms with E-state index in [2.05, 4.69) is 0 Å². The molecule has 0 heterocycles. The van der Waals surface area contributed by atoms with Crippen LogP contribution in [0.1, 0.15) is 6.92 Å². The van der Waals surface area contributed by atoms with Gasteiger partial charge in [-0.1, -0.05) is 36.4 Å². The lowest BCUT2D eigenvalue weighted by molar-refractivity contribution is -0.253. The lowest BCUT2D eigenvalue weighted by Gasteiger charge is -2.20. The number of nitrogens with zero attached hydrogens (tertiary/aromatic N) is 1. The average molecular weight is 229 g/mol. The van der Waals surface area contributed by atoms with Crippen molar-refractivity contribution in [3.63, 3.8) is 0 Å². The van der Waals surface area contributed by atoms with Gasteiger partial charge in [0.15, 0.2) is 11.5 Å². The molecule has 3 nitrogen and oxygen atoms in total. The van der Waals surface area contributed by atoms with Crippen LogP contribution in [0.25, 0.3) is 0 Å². The summed E-state index contributed by atoms with van der Waals surface area (Å²) < 4.78 is 0. The van der Waals surface area contributed by atoms with Gasteiger partial charge in [-0.05, 0) is 31.2 Å². The third-order valence-corrected chi connectivity index (χ3v) is 2.16. The maximum Gasteiger partial charge on any atom is 0.151 e. The van der Waals surface area contributed by atoms with Crippen LogP contribution in [-0.4, -0.2) is 11.8 Å². The highest BCUT2D eigenvalue weighted by atomic mass is 16.9. The molecule has 3 heteroatoms. The molecule has 0 aliphatic carbocycles. The van der Waals surface area contributed by atoms with Gasteiger partial charge in [0.25, 0.3) is 0 Å². The van der Waals surface area contributed by atoms with E-state index in [4.69, 9.17) is 9.68 Å². The molecule has 0 aliphatic heterocycles. The van der Waals surface area contributed by atoms with Crippen LogP contribution in [0.3, 0.4) is 0 Å². The number of hydrogen-bond donors (Lipinski definition) is 0. The van der Waals surface area contributed by atoms with Gasteiger partial charge in [-0.3, -0.25) is 0 Å².